The number of H-pyrrole nitrogens is 1. The molecule has 2 aromatic carbocycles. The fourth-order valence-corrected chi connectivity index (χ4v) is 6.10. The molecule has 0 bridgehead atoms. The lowest BCUT2D eigenvalue weighted by Gasteiger charge is -2.37. The summed E-state index contributed by atoms with van der Waals surface area (Å²) in [6, 6.07) is 19.6. The Morgan fingerprint density at radius 2 is 1.87 bits per heavy atom. The molecule has 3 aromatic rings. The standard InChI is InChI=1S/C28H34N2O/c1-2-30(28(31)27-19-23-10-4-6-13-26(23)29-27)24-11-7-8-20(18-24)14-15-22-17-16-21-9-3-5-12-25(21)22/h3-6,9-10,12-13,19-20,22,24,29H,2,7-8,11,14-18H2,1H3/t20-,22+,24-/m0/s1. The fraction of sp³-hybridized carbons (Fsp3) is 0.464. The molecule has 3 atom stereocenters. The second-order valence-corrected chi connectivity index (χ2v) is 9.56. The van der Waals surface area contributed by atoms with Crippen molar-refractivity contribution in [2.75, 3.05) is 6.54 Å². The number of amides is 1. The van der Waals surface area contributed by atoms with Crippen LogP contribution in [0.5, 0.6) is 0 Å². The number of carbonyl (C=O) groups excluding carboxylic acids is 1. The van der Waals surface area contributed by atoms with E-state index < -0.39 is 0 Å². The number of carbonyl (C=O) groups is 1. The maximum Gasteiger partial charge on any atom is 0.270 e. The van der Waals surface area contributed by atoms with Crippen LogP contribution in [0.1, 0.15) is 79.4 Å². The highest BCUT2D eigenvalue weighted by atomic mass is 16.2. The Bertz CT molecular complexity index is 1020. The Balaban J connectivity index is 1.23. The van der Waals surface area contributed by atoms with Gasteiger partial charge in [-0.2, -0.15) is 0 Å². The minimum absolute atomic E-state index is 0.161. The van der Waals surface area contributed by atoms with Gasteiger partial charge in [-0.15, -0.1) is 0 Å². The average molecular weight is 415 g/mol. The summed E-state index contributed by atoms with van der Waals surface area (Å²) in [6.07, 6.45) is 10.0. The maximum absolute atomic E-state index is 13.4. The quantitative estimate of drug-likeness (QED) is 0.479. The second kappa shape index (κ2) is 8.90. The van der Waals surface area contributed by atoms with Gasteiger partial charge >= 0.3 is 0 Å². The number of aromatic nitrogens is 1. The van der Waals surface area contributed by atoms with Crippen molar-refractivity contribution in [3.8, 4) is 0 Å². The Hall–Kier alpha value is -2.55. The number of benzene rings is 2. The van der Waals surface area contributed by atoms with Crippen molar-refractivity contribution in [1.29, 1.82) is 0 Å². The molecule has 1 N–H and O–H groups in total. The lowest BCUT2D eigenvalue weighted by atomic mass is 9.80. The molecule has 1 saturated carbocycles. The van der Waals surface area contributed by atoms with Crippen LogP contribution in [0.3, 0.4) is 0 Å². The van der Waals surface area contributed by atoms with Crippen molar-refractivity contribution in [3.05, 3.63) is 71.4 Å². The smallest absolute Gasteiger partial charge is 0.270 e. The normalized spacial score (nSPS) is 23.1. The third-order valence-electron chi connectivity index (χ3n) is 7.74. The molecule has 0 spiro atoms. The molecule has 0 radical (unpaired) electrons. The van der Waals surface area contributed by atoms with Gasteiger partial charge in [-0.25, -0.2) is 0 Å². The molecule has 1 fully saturated rings. The van der Waals surface area contributed by atoms with E-state index in [0.29, 0.717) is 6.04 Å². The maximum atomic E-state index is 13.4. The summed E-state index contributed by atoms with van der Waals surface area (Å²) >= 11 is 0. The monoisotopic (exact) mass is 414 g/mol. The SMILES string of the molecule is CCN(C(=O)c1cc2ccccc2[nH]1)[C@H]1CCC[C@@H](CC[C@@H]2CCc3ccccc32)C1. The predicted octanol–water partition coefficient (Wildman–Crippen LogP) is 6.70. The fourth-order valence-electron chi connectivity index (χ4n) is 6.10. The number of hydrogen-bond donors (Lipinski definition) is 1. The van der Waals surface area contributed by atoms with E-state index in [4.69, 9.17) is 0 Å². The molecule has 5 rings (SSSR count). The van der Waals surface area contributed by atoms with Crippen LogP contribution in [-0.4, -0.2) is 28.4 Å². The molecule has 3 heteroatoms. The molecule has 31 heavy (non-hydrogen) atoms. The number of aromatic amines is 1. The minimum atomic E-state index is 0.161. The van der Waals surface area contributed by atoms with Crippen molar-refractivity contribution in [2.24, 2.45) is 5.92 Å². The van der Waals surface area contributed by atoms with Gasteiger partial charge in [0.25, 0.3) is 5.91 Å². The molecule has 2 aliphatic carbocycles. The lowest BCUT2D eigenvalue weighted by molar-refractivity contribution is 0.0602. The largest absolute Gasteiger partial charge is 0.351 e. The number of nitrogens with zero attached hydrogens (tertiary/aromatic N) is 1. The first-order valence-corrected chi connectivity index (χ1v) is 12.2. The van der Waals surface area contributed by atoms with Gasteiger partial charge in [-0.3, -0.25) is 4.79 Å². The van der Waals surface area contributed by atoms with Crippen LogP contribution in [0, 0.1) is 5.92 Å². The van der Waals surface area contributed by atoms with Crippen molar-refractivity contribution < 1.29 is 4.79 Å². The van der Waals surface area contributed by atoms with Crippen LogP contribution >= 0.6 is 0 Å². The molecule has 0 aliphatic heterocycles. The molecule has 2 aliphatic rings. The van der Waals surface area contributed by atoms with Crippen LogP contribution in [0.15, 0.2) is 54.6 Å². The molecule has 0 unspecified atom stereocenters. The Morgan fingerprint density at radius 1 is 1.03 bits per heavy atom. The van der Waals surface area contributed by atoms with Crippen molar-refractivity contribution in [1.82, 2.24) is 9.88 Å². The van der Waals surface area contributed by atoms with E-state index in [9.17, 15) is 4.79 Å². The zero-order valence-electron chi connectivity index (χ0n) is 18.6. The van der Waals surface area contributed by atoms with E-state index in [1.807, 2.05) is 24.3 Å². The molecule has 162 valence electrons. The second-order valence-electron chi connectivity index (χ2n) is 9.56. The van der Waals surface area contributed by atoms with Gasteiger partial charge < -0.3 is 9.88 Å². The van der Waals surface area contributed by atoms with E-state index in [1.165, 1.54) is 38.5 Å². The summed E-state index contributed by atoms with van der Waals surface area (Å²) in [7, 11) is 0. The highest BCUT2D eigenvalue weighted by Crippen LogP contribution is 2.39. The van der Waals surface area contributed by atoms with Crippen molar-refractivity contribution >= 4 is 16.8 Å². The van der Waals surface area contributed by atoms with Crippen molar-refractivity contribution in [3.63, 3.8) is 0 Å². The van der Waals surface area contributed by atoms with Crippen LogP contribution in [0.4, 0.5) is 0 Å². The molecule has 3 nitrogen and oxygen atoms in total. The van der Waals surface area contributed by atoms with Gasteiger partial charge in [0.15, 0.2) is 0 Å². The average Bonchev–Trinajstić information content (AvgIpc) is 3.43. The highest BCUT2D eigenvalue weighted by Gasteiger charge is 2.31. The predicted molar refractivity (Wildman–Crippen MR) is 127 cm³/mol. The molecule has 0 saturated heterocycles. The van der Waals surface area contributed by atoms with Gasteiger partial charge in [0.2, 0.25) is 0 Å². The lowest BCUT2D eigenvalue weighted by Crippen LogP contribution is -2.43. The first-order valence-electron chi connectivity index (χ1n) is 12.2. The van der Waals surface area contributed by atoms with E-state index in [1.54, 1.807) is 11.1 Å². The third-order valence-corrected chi connectivity index (χ3v) is 7.74. The number of aryl methyl sites for hydroxylation is 1. The molecule has 1 aromatic heterocycles. The minimum Gasteiger partial charge on any atom is -0.351 e. The number of rotatable bonds is 6. The molecular formula is C28H34N2O. The Kier molecular flexibility index (Phi) is 5.85. The molecule has 1 amide bonds. The summed E-state index contributed by atoms with van der Waals surface area (Å²) in [5.41, 5.74) is 4.93. The van der Waals surface area contributed by atoms with Crippen LogP contribution in [0.2, 0.25) is 0 Å². The molecular weight excluding hydrogens is 380 g/mol. The summed E-state index contributed by atoms with van der Waals surface area (Å²) in [4.78, 5) is 18.8. The van der Waals surface area contributed by atoms with E-state index in [0.717, 1.165) is 47.8 Å². The van der Waals surface area contributed by atoms with Gasteiger partial charge in [0.1, 0.15) is 5.69 Å². The first-order chi connectivity index (χ1) is 15.2. The highest BCUT2D eigenvalue weighted by molar-refractivity contribution is 5.98. The van der Waals surface area contributed by atoms with Gasteiger partial charge in [-0.1, -0.05) is 55.3 Å². The number of para-hydroxylation sites is 1. The number of fused-ring (bicyclic) bond motifs is 2. The zero-order chi connectivity index (χ0) is 21.2. The van der Waals surface area contributed by atoms with Crippen LogP contribution < -0.4 is 0 Å². The Morgan fingerprint density at radius 3 is 2.74 bits per heavy atom. The molecule has 1 heterocycles. The topological polar surface area (TPSA) is 36.1 Å². The summed E-state index contributed by atoms with van der Waals surface area (Å²) in [5.74, 6) is 1.65. The number of nitrogens with one attached hydrogen (secondary N) is 1. The van der Waals surface area contributed by atoms with E-state index in [2.05, 4.69) is 47.1 Å². The van der Waals surface area contributed by atoms with E-state index in [-0.39, 0.29) is 5.91 Å². The van der Waals surface area contributed by atoms with E-state index >= 15 is 0 Å². The first kappa shape index (κ1) is 20.4. The summed E-state index contributed by atoms with van der Waals surface area (Å²) in [5, 5.41) is 1.11. The number of hydrogen-bond acceptors (Lipinski definition) is 1. The summed E-state index contributed by atoms with van der Waals surface area (Å²) < 4.78 is 0. The summed E-state index contributed by atoms with van der Waals surface area (Å²) in [6.45, 7) is 2.90. The van der Waals surface area contributed by atoms with Crippen LogP contribution in [-0.2, 0) is 6.42 Å². The van der Waals surface area contributed by atoms with Crippen LogP contribution in [0.25, 0.3) is 10.9 Å². The van der Waals surface area contributed by atoms with Gasteiger partial charge in [0.05, 0.1) is 0 Å². The Labute approximate surface area is 185 Å². The van der Waals surface area contributed by atoms with Crippen molar-refractivity contribution in [2.45, 2.75) is 70.3 Å². The third kappa shape index (κ3) is 4.15. The van der Waals surface area contributed by atoms with Gasteiger partial charge in [-0.05, 0) is 80.5 Å². The van der Waals surface area contributed by atoms with Gasteiger partial charge in [0, 0.05) is 23.5 Å². The zero-order valence-corrected chi connectivity index (χ0v) is 18.6.